The summed E-state index contributed by atoms with van der Waals surface area (Å²) in [6.45, 7) is 7.01. The third kappa shape index (κ3) is 8.82. The Hall–Kier alpha value is -1.36. The first-order chi connectivity index (χ1) is 10.4. The molecule has 0 saturated heterocycles. The predicted molar refractivity (Wildman–Crippen MR) is 95.6 cm³/mol. The average molecular weight is 324 g/mol. The number of ether oxygens (including phenoxy) is 1. The van der Waals surface area contributed by atoms with Crippen LogP contribution in [0.3, 0.4) is 0 Å². The third-order valence-electron chi connectivity index (χ3n) is 2.87. The topological polar surface area (TPSA) is 50.4 Å². The van der Waals surface area contributed by atoms with E-state index in [4.69, 9.17) is 4.74 Å². The zero-order valence-electron chi connectivity index (χ0n) is 14.1. The minimum Gasteiger partial charge on any atom is -0.444 e. The van der Waals surface area contributed by atoms with Gasteiger partial charge < -0.3 is 15.4 Å². The molecular weight excluding hydrogens is 296 g/mol. The van der Waals surface area contributed by atoms with Crippen molar-refractivity contribution in [3.05, 3.63) is 29.8 Å². The monoisotopic (exact) mass is 324 g/mol. The number of nitrogens with one attached hydrogen (secondary N) is 2. The first kappa shape index (κ1) is 18.7. The minimum atomic E-state index is -0.468. The summed E-state index contributed by atoms with van der Waals surface area (Å²) in [5.74, 6) is 1.21. The highest BCUT2D eigenvalue weighted by Crippen LogP contribution is 2.12. The molecule has 0 saturated carbocycles. The Morgan fingerprint density at radius 2 is 2.05 bits per heavy atom. The molecule has 0 aliphatic heterocycles. The summed E-state index contributed by atoms with van der Waals surface area (Å²) in [6.07, 6.45) is 4.15. The standard InChI is InChI=1S/C17H28N2O2S/c1-17(2,3)21-16(20)19-13-14-8-7-9-15(12-14)18-10-5-6-11-22-4/h7-9,12,18H,5-6,10-11,13H2,1-4H3,(H,19,20). The third-order valence-corrected chi connectivity index (χ3v) is 3.56. The number of rotatable bonds is 8. The number of anilines is 1. The number of benzene rings is 1. The number of unbranched alkanes of at least 4 members (excludes halogenated alkanes) is 1. The molecule has 2 N–H and O–H groups in total. The number of alkyl carbamates (subject to hydrolysis) is 1. The van der Waals surface area contributed by atoms with Crippen LogP contribution in [0.25, 0.3) is 0 Å². The second-order valence-electron chi connectivity index (χ2n) is 6.18. The molecule has 5 heteroatoms. The van der Waals surface area contributed by atoms with E-state index in [9.17, 15) is 4.79 Å². The van der Waals surface area contributed by atoms with E-state index < -0.39 is 5.60 Å². The van der Waals surface area contributed by atoms with Crippen LogP contribution in [0.1, 0.15) is 39.2 Å². The number of carbonyl (C=O) groups is 1. The van der Waals surface area contributed by atoms with Crippen molar-refractivity contribution in [2.75, 3.05) is 23.9 Å². The van der Waals surface area contributed by atoms with Crippen molar-refractivity contribution < 1.29 is 9.53 Å². The van der Waals surface area contributed by atoms with Gasteiger partial charge in [0.25, 0.3) is 0 Å². The largest absolute Gasteiger partial charge is 0.444 e. The van der Waals surface area contributed by atoms with Gasteiger partial charge in [-0.1, -0.05) is 12.1 Å². The van der Waals surface area contributed by atoms with Gasteiger partial charge in [-0.2, -0.15) is 11.8 Å². The second-order valence-corrected chi connectivity index (χ2v) is 7.17. The fourth-order valence-corrected chi connectivity index (χ4v) is 2.38. The van der Waals surface area contributed by atoms with Crippen molar-refractivity contribution in [1.82, 2.24) is 5.32 Å². The SMILES string of the molecule is CSCCCCNc1cccc(CNC(=O)OC(C)(C)C)c1. The van der Waals surface area contributed by atoms with Crippen molar-refractivity contribution in [1.29, 1.82) is 0 Å². The Balaban J connectivity index is 2.36. The molecule has 0 heterocycles. The van der Waals surface area contributed by atoms with Gasteiger partial charge in [0.1, 0.15) is 5.60 Å². The molecule has 1 aromatic carbocycles. The van der Waals surface area contributed by atoms with E-state index in [1.807, 2.05) is 50.7 Å². The van der Waals surface area contributed by atoms with Crippen molar-refractivity contribution in [2.24, 2.45) is 0 Å². The van der Waals surface area contributed by atoms with E-state index in [1.54, 1.807) is 0 Å². The number of hydrogen-bond acceptors (Lipinski definition) is 4. The molecule has 0 radical (unpaired) electrons. The average Bonchev–Trinajstić information content (AvgIpc) is 2.44. The summed E-state index contributed by atoms with van der Waals surface area (Å²) in [5.41, 5.74) is 1.68. The summed E-state index contributed by atoms with van der Waals surface area (Å²) in [4.78, 5) is 11.6. The van der Waals surface area contributed by atoms with E-state index in [2.05, 4.69) is 23.0 Å². The lowest BCUT2D eigenvalue weighted by atomic mass is 10.2. The predicted octanol–water partition coefficient (Wildman–Crippen LogP) is 4.27. The molecule has 0 aliphatic rings. The van der Waals surface area contributed by atoms with Crippen LogP contribution in [-0.4, -0.2) is 30.2 Å². The lowest BCUT2D eigenvalue weighted by molar-refractivity contribution is 0.0523. The molecule has 124 valence electrons. The molecule has 0 spiro atoms. The fraction of sp³-hybridized carbons (Fsp3) is 0.588. The van der Waals surface area contributed by atoms with E-state index in [0.717, 1.165) is 17.8 Å². The van der Waals surface area contributed by atoms with Gasteiger partial charge in [0.15, 0.2) is 0 Å². The first-order valence-electron chi connectivity index (χ1n) is 7.69. The van der Waals surface area contributed by atoms with E-state index in [0.29, 0.717) is 6.54 Å². The van der Waals surface area contributed by atoms with Crippen molar-refractivity contribution in [3.63, 3.8) is 0 Å². The maximum absolute atomic E-state index is 11.6. The van der Waals surface area contributed by atoms with Crippen LogP contribution in [-0.2, 0) is 11.3 Å². The maximum Gasteiger partial charge on any atom is 0.407 e. The van der Waals surface area contributed by atoms with Gasteiger partial charge in [-0.15, -0.1) is 0 Å². The van der Waals surface area contributed by atoms with Gasteiger partial charge in [-0.25, -0.2) is 4.79 Å². The maximum atomic E-state index is 11.6. The number of carbonyl (C=O) groups excluding carboxylic acids is 1. The van der Waals surface area contributed by atoms with E-state index >= 15 is 0 Å². The molecule has 1 rings (SSSR count). The quantitative estimate of drug-likeness (QED) is 0.701. The summed E-state index contributed by atoms with van der Waals surface area (Å²) >= 11 is 1.88. The highest BCUT2D eigenvalue weighted by molar-refractivity contribution is 7.98. The highest BCUT2D eigenvalue weighted by Gasteiger charge is 2.15. The van der Waals surface area contributed by atoms with Gasteiger partial charge in [0.2, 0.25) is 0 Å². The Morgan fingerprint density at radius 1 is 1.27 bits per heavy atom. The van der Waals surface area contributed by atoms with Crippen molar-refractivity contribution in [2.45, 2.75) is 45.8 Å². The molecule has 0 unspecified atom stereocenters. The molecule has 0 aromatic heterocycles. The zero-order chi connectivity index (χ0) is 16.4. The smallest absolute Gasteiger partial charge is 0.407 e. The van der Waals surface area contributed by atoms with Crippen LogP contribution in [0.4, 0.5) is 10.5 Å². The summed E-state index contributed by atoms with van der Waals surface area (Å²) in [7, 11) is 0. The Bertz CT molecular complexity index is 458. The fourth-order valence-electron chi connectivity index (χ4n) is 1.88. The highest BCUT2D eigenvalue weighted by atomic mass is 32.2. The molecule has 0 aliphatic carbocycles. The Kier molecular flexibility index (Phi) is 8.17. The van der Waals surface area contributed by atoms with Crippen LogP contribution in [0.5, 0.6) is 0 Å². The molecule has 1 amide bonds. The number of thioether (sulfide) groups is 1. The van der Waals surface area contributed by atoms with Gasteiger partial charge in [-0.05, 0) is 63.3 Å². The van der Waals surface area contributed by atoms with Crippen molar-refractivity contribution >= 4 is 23.5 Å². The van der Waals surface area contributed by atoms with Gasteiger partial charge in [0, 0.05) is 18.8 Å². The normalized spacial score (nSPS) is 11.1. The Morgan fingerprint density at radius 3 is 2.73 bits per heavy atom. The second kappa shape index (κ2) is 9.62. The van der Waals surface area contributed by atoms with Crippen LogP contribution >= 0.6 is 11.8 Å². The zero-order valence-corrected chi connectivity index (χ0v) is 14.9. The van der Waals surface area contributed by atoms with Crippen LogP contribution < -0.4 is 10.6 Å². The van der Waals surface area contributed by atoms with Crippen LogP contribution in [0, 0.1) is 0 Å². The molecule has 22 heavy (non-hydrogen) atoms. The molecule has 0 atom stereocenters. The molecule has 0 bridgehead atoms. The minimum absolute atomic E-state index is 0.386. The first-order valence-corrected chi connectivity index (χ1v) is 9.09. The van der Waals surface area contributed by atoms with Crippen LogP contribution in [0.2, 0.25) is 0 Å². The lowest BCUT2D eigenvalue weighted by Gasteiger charge is -2.19. The van der Waals surface area contributed by atoms with E-state index in [-0.39, 0.29) is 6.09 Å². The van der Waals surface area contributed by atoms with Gasteiger partial charge in [-0.3, -0.25) is 0 Å². The Labute approximate surface area is 138 Å². The molecule has 4 nitrogen and oxygen atoms in total. The van der Waals surface area contributed by atoms with E-state index in [1.165, 1.54) is 18.6 Å². The van der Waals surface area contributed by atoms with Gasteiger partial charge in [0.05, 0.1) is 0 Å². The summed E-state index contributed by atoms with van der Waals surface area (Å²) in [6, 6.07) is 8.10. The van der Waals surface area contributed by atoms with Gasteiger partial charge >= 0.3 is 6.09 Å². The molecule has 1 aromatic rings. The van der Waals surface area contributed by atoms with Crippen LogP contribution in [0.15, 0.2) is 24.3 Å². The summed E-state index contributed by atoms with van der Waals surface area (Å²) in [5, 5.41) is 6.19. The summed E-state index contributed by atoms with van der Waals surface area (Å²) < 4.78 is 5.22. The lowest BCUT2D eigenvalue weighted by Crippen LogP contribution is -2.32. The van der Waals surface area contributed by atoms with Crippen molar-refractivity contribution in [3.8, 4) is 0 Å². The number of hydrogen-bond donors (Lipinski definition) is 2. The molecule has 0 fully saturated rings. The number of amides is 1. The molecular formula is C17H28N2O2S.